The molecule has 0 spiro atoms. The van der Waals surface area contributed by atoms with Crippen LogP contribution in [0.2, 0.25) is 0 Å². The number of hydrogen-bond acceptors (Lipinski definition) is 4. The Morgan fingerprint density at radius 2 is 1.68 bits per heavy atom. The van der Waals surface area contributed by atoms with Crippen molar-refractivity contribution < 1.29 is 18.0 Å². The lowest BCUT2D eigenvalue weighted by atomic mass is 10.1. The van der Waals surface area contributed by atoms with E-state index in [0.717, 1.165) is 30.5 Å². The van der Waals surface area contributed by atoms with Gasteiger partial charge in [0.15, 0.2) is 0 Å². The van der Waals surface area contributed by atoms with Gasteiger partial charge in [0.25, 0.3) is 11.8 Å². The van der Waals surface area contributed by atoms with Crippen molar-refractivity contribution >= 4 is 33.2 Å². The number of hydrogen-bond donors (Lipinski definition) is 2. The van der Waals surface area contributed by atoms with Gasteiger partial charge in [0.1, 0.15) is 0 Å². The summed E-state index contributed by atoms with van der Waals surface area (Å²) < 4.78 is 27.6. The molecule has 0 radical (unpaired) electrons. The maximum absolute atomic E-state index is 13.0. The molecular formula is C26H25N3O4S. The molecule has 1 aliphatic heterocycles. The van der Waals surface area contributed by atoms with E-state index >= 15 is 0 Å². The van der Waals surface area contributed by atoms with Crippen LogP contribution >= 0.6 is 0 Å². The first-order valence-corrected chi connectivity index (χ1v) is 12.8. The molecule has 34 heavy (non-hydrogen) atoms. The maximum Gasteiger partial charge on any atom is 0.258 e. The monoisotopic (exact) mass is 475 g/mol. The summed E-state index contributed by atoms with van der Waals surface area (Å²) in [4.78, 5) is 27.5. The third kappa shape index (κ3) is 4.73. The molecule has 1 fully saturated rings. The van der Waals surface area contributed by atoms with Gasteiger partial charge < -0.3 is 10.2 Å². The number of carbonyl (C=O) groups is 2. The molecule has 174 valence electrons. The van der Waals surface area contributed by atoms with Gasteiger partial charge in [-0.3, -0.25) is 9.59 Å². The van der Waals surface area contributed by atoms with E-state index in [2.05, 4.69) is 10.0 Å². The number of nitrogens with one attached hydrogen (secondary N) is 2. The fraction of sp³-hybridized carbons (Fsp3) is 0.231. The lowest BCUT2D eigenvalue weighted by molar-refractivity contribution is 0.0988. The molecule has 0 aromatic heterocycles. The molecule has 1 heterocycles. The highest BCUT2D eigenvalue weighted by atomic mass is 32.2. The molecule has 3 aromatic carbocycles. The van der Waals surface area contributed by atoms with Gasteiger partial charge >= 0.3 is 0 Å². The van der Waals surface area contributed by atoms with Crippen LogP contribution in [0.3, 0.4) is 0 Å². The van der Waals surface area contributed by atoms with Crippen molar-refractivity contribution in [1.82, 2.24) is 4.72 Å². The highest BCUT2D eigenvalue weighted by Crippen LogP contribution is 2.29. The van der Waals surface area contributed by atoms with Crippen LogP contribution in [0.1, 0.15) is 39.1 Å². The Bertz CT molecular complexity index is 1350. The van der Waals surface area contributed by atoms with E-state index < -0.39 is 15.9 Å². The summed E-state index contributed by atoms with van der Waals surface area (Å²) in [6, 6.07) is 20.5. The summed E-state index contributed by atoms with van der Waals surface area (Å²) in [6.45, 7) is 1.07. The molecule has 2 N–H and O–H groups in total. The smallest absolute Gasteiger partial charge is 0.258 e. The number of benzene rings is 3. The van der Waals surface area contributed by atoms with Crippen LogP contribution in [0, 0.1) is 5.92 Å². The fourth-order valence-electron chi connectivity index (χ4n) is 4.04. The molecule has 5 rings (SSSR count). The molecule has 0 saturated heterocycles. The maximum atomic E-state index is 13.0. The number of carbonyl (C=O) groups excluding carboxylic acids is 2. The molecule has 2 amide bonds. The zero-order valence-electron chi connectivity index (χ0n) is 18.5. The first kappa shape index (κ1) is 22.3. The SMILES string of the molecule is O=C(Nc1ccc(C(=O)N2CCc3ccccc32)cc1)c1cccc(S(=O)(=O)NCC2CC2)c1. The molecule has 0 atom stereocenters. The van der Waals surface area contributed by atoms with Crippen LogP contribution in [0.5, 0.6) is 0 Å². The zero-order valence-corrected chi connectivity index (χ0v) is 19.3. The number of amides is 2. The summed E-state index contributed by atoms with van der Waals surface area (Å²) in [6.07, 6.45) is 2.92. The van der Waals surface area contributed by atoms with Crippen molar-refractivity contribution in [1.29, 1.82) is 0 Å². The standard InChI is InChI=1S/C26H25N3O4S/c30-25(21-5-3-6-23(16-21)34(32,33)27-17-18-8-9-18)28-22-12-10-20(11-13-22)26(31)29-15-14-19-4-1-2-7-24(19)29/h1-7,10-13,16,18,27H,8-9,14-15,17H2,(H,28,30). The van der Waals surface area contributed by atoms with Crippen LogP contribution in [-0.2, 0) is 16.4 Å². The molecule has 7 nitrogen and oxygen atoms in total. The van der Waals surface area contributed by atoms with Gasteiger partial charge in [-0.05, 0) is 79.3 Å². The third-order valence-corrected chi connectivity index (χ3v) is 7.61. The Hall–Kier alpha value is -3.49. The highest BCUT2D eigenvalue weighted by Gasteiger charge is 2.26. The average Bonchev–Trinajstić information content (AvgIpc) is 3.60. The molecule has 0 bridgehead atoms. The molecule has 2 aliphatic rings. The lowest BCUT2D eigenvalue weighted by Crippen LogP contribution is -2.28. The number of nitrogens with zero attached hydrogens (tertiary/aromatic N) is 1. The first-order valence-electron chi connectivity index (χ1n) is 11.3. The fourth-order valence-corrected chi connectivity index (χ4v) is 5.20. The van der Waals surface area contributed by atoms with Crippen LogP contribution in [0.15, 0.2) is 77.7 Å². The minimum absolute atomic E-state index is 0.0626. The van der Waals surface area contributed by atoms with E-state index in [1.165, 1.54) is 12.1 Å². The number of rotatable bonds is 7. The number of para-hydroxylation sites is 1. The van der Waals surface area contributed by atoms with Crippen molar-refractivity contribution in [2.45, 2.75) is 24.2 Å². The lowest BCUT2D eigenvalue weighted by Gasteiger charge is -2.17. The Morgan fingerprint density at radius 1 is 0.912 bits per heavy atom. The molecule has 1 saturated carbocycles. The normalized spacial score (nSPS) is 15.1. The van der Waals surface area contributed by atoms with Crippen molar-refractivity contribution in [3.05, 3.63) is 89.5 Å². The van der Waals surface area contributed by atoms with Crippen molar-refractivity contribution in [3.63, 3.8) is 0 Å². The van der Waals surface area contributed by atoms with E-state index in [1.807, 2.05) is 24.3 Å². The van der Waals surface area contributed by atoms with E-state index in [4.69, 9.17) is 0 Å². The third-order valence-electron chi connectivity index (χ3n) is 6.19. The molecule has 0 unspecified atom stereocenters. The Morgan fingerprint density at radius 3 is 2.44 bits per heavy atom. The Balaban J connectivity index is 1.25. The minimum Gasteiger partial charge on any atom is -0.322 e. The minimum atomic E-state index is -3.66. The van der Waals surface area contributed by atoms with Crippen LogP contribution in [-0.4, -0.2) is 33.3 Å². The molecule has 3 aromatic rings. The number of anilines is 2. The second kappa shape index (κ2) is 9.04. The van der Waals surface area contributed by atoms with E-state index in [-0.39, 0.29) is 16.4 Å². The van der Waals surface area contributed by atoms with Crippen molar-refractivity contribution in [3.8, 4) is 0 Å². The first-order chi connectivity index (χ1) is 16.4. The summed E-state index contributed by atoms with van der Waals surface area (Å²) in [5.74, 6) is -0.0949. The van der Waals surface area contributed by atoms with Gasteiger partial charge in [0.05, 0.1) is 4.90 Å². The number of fused-ring (bicyclic) bond motifs is 1. The predicted molar refractivity (Wildman–Crippen MR) is 131 cm³/mol. The van der Waals surface area contributed by atoms with Crippen molar-refractivity contribution in [2.24, 2.45) is 5.92 Å². The summed E-state index contributed by atoms with van der Waals surface area (Å²) in [5.41, 5.74) is 3.38. The van der Waals surface area contributed by atoms with Gasteiger partial charge in [-0.15, -0.1) is 0 Å². The van der Waals surface area contributed by atoms with E-state index in [9.17, 15) is 18.0 Å². The van der Waals surface area contributed by atoms with Gasteiger partial charge in [-0.25, -0.2) is 13.1 Å². The van der Waals surface area contributed by atoms with Crippen LogP contribution in [0.4, 0.5) is 11.4 Å². The summed E-state index contributed by atoms with van der Waals surface area (Å²) in [7, 11) is -3.66. The summed E-state index contributed by atoms with van der Waals surface area (Å²) >= 11 is 0. The molecule has 8 heteroatoms. The Kier molecular flexibility index (Phi) is 5.93. The van der Waals surface area contributed by atoms with Gasteiger partial charge in [0.2, 0.25) is 10.0 Å². The quantitative estimate of drug-likeness (QED) is 0.543. The van der Waals surface area contributed by atoms with Crippen molar-refractivity contribution in [2.75, 3.05) is 23.3 Å². The van der Waals surface area contributed by atoms with Gasteiger partial charge in [-0.2, -0.15) is 0 Å². The number of sulfonamides is 1. The van der Waals surface area contributed by atoms with Gasteiger partial charge in [-0.1, -0.05) is 24.3 Å². The molecular weight excluding hydrogens is 450 g/mol. The molecule has 1 aliphatic carbocycles. The Labute approximate surface area is 198 Å². The van der Waals surface area contributed by atoms with E-state index in [0.29, 0.717) is 30.3 Å². The van der Waals surface area contributed by atoms with E-state index in [1.54, 1.807) is 41.3 Å². The highest BCUT2D eigenvalue weighted by molar-refractivity contribution is 7.89. The predicted octanol–water partition coefficient (Wildman–Crippen LogP) is 3.83. The van der Waals surface area contributed by atoms with Crippen LogP contribution < -0.4 is 14.9 Å². The van der Waals surface area contributed by atoms with Crippen LogP contribution in [0.25, 0.3) is 0 Å². The topological polar surface area (TPSA) is 95.6 Å². The second-order valence-corrected chi connectivity index (χ2v) is 10.5. The zero-order chi connectivity index (χ0) is 23.7. The second-order valence-electron chi connectivity index (χ2n) is 8.69. The van der Waals surface area contributed by atoms with Gasteiger partial charge in [0, 0.05) is 35.6 Å². The summed E-state index contributed by atoms with van der Waals surface area (Å²) in [5, 5.41) is 2.77. The average molecular weight is 476 g/mol. The largest absolute Gasteiger partial charge is 0.322 e.